The molecule has 3 N–H and O–H groups in total. The Kier molecular flexibility index (Phi) is 6.36. The van der Waals surface area contributed by atoms with E-state index in [9.17, 15) is 4.79 Å². The lowest BCUT2D eigenvalue weighted by Gasteiger charge is -2.19. The first-order valence-corrected chi connectivity index (χ1v) is 10.6. The molecular weight excluding hydrogens is 396 g/mol. The van der Waals surface area contributed by atoms with Gasteiger partial charge in [0.1, 0.15) is 0 Å². The van der Waals surface area contributed by atoms with Crippen LogP contribution in [0.3, 0.4) is 0 Å². The number of hydrogen-bond donors (Lipinski definition) is 2. The highest BCUT2D eigenvalue weighted by molar-refractivity contribution is 7.99. The molecule has 1 aromatic heterocycles. The molecule has 0 spiro atoms. The summed E-state index contributed by atoms with van der Waals surface area (Å²) in [5.74, 6) is 6.80. The quantitative estimate of drug-likeness (QED) is 0.463. The van der Waals surface area contributed by atoms with Gasteiger partial charge in [-0.25, -0.2) is 4.68 Å². The summed E-state index contributed by atoms with van der Waals surface area (Å²) >= 11 is 1.25. The predicted molar refractivity (Wildman–Crippen MR) is 124 cm³/mol. The number of carbonyl (C=O) groups is 1. The van der Waals surface area contributed by atoms with Crippen LogP contribution < -0.4 is 16.1 Å². The van der Waals surface area contributed by atoms with Crippen molar-refractivity contribution in [3.63, 3.8) is 0 Å². The number of nitrogens with one attached hydrogen (secondary N) is 1. The Balaban J connectivity index is 1.61. The molecule has 0 fully saturated rings. The number of benzene rings is 2. The molecule has 0 unspecified atom stereocenters. The Hall–Kier alpha value is -3.00. The van der Waals surface area contributed by atoms with Gasteiger partial charge in [-0.1, -0.05) is 56.8 Å². The van der Waals surface area contributed by atoms with Gasteiger partial charge in [0.05, 0.1) is 5.75 Å². The van der Waals surface area contributed by atoms with E-state index in [1.54, 1.807) is 0 Å². The van der Waals surface area contributed by atoms with Crippen molar-refractivity contribution < 1.29 is 4.79 Å². The molecule has 3 aromatic rings. The fourth-order valence-corrected chi connectivity index (χ4v) is 3.52. The van der Waals surface area contributed by atoms with Crippen molar-refractivity contribution in [1.29, 1.82) is 0 Å². The summed E-state index contributed by atoms with van der Waals surface area (Å²) in [5, 5.41) is 11.7. The molecule has 7 nitrogen and oxygen atoms in total. The van der Waals surface area contributed by atoms with Crippen LogP contribution in [0.2, 0.25) is 0 Å². The number of nitrogens with two attached hydrogens (primary N) is 1. The summed E-state index contributed by atoms with van der Waals surface area (Å²) in [6.07, 6.45) is 0. The summed E-state index contributed by atoms with van der Waals surface area (Å²) in [5.41, 5.74) is 4.02. The van der Waals surface area contributed by atoms with E-state index in [0.717, 1.165) is 16.9 Å². The van der Waals surface area contributed by atoms with Gasteiger partial charge in [0.15, 0.2) is 5.82 Å². The maximum atomic E-state index is 12.3. The number of hydrogen-bond acceptors (Lipinski definition) is 6. The number of thioether (sulfide) groups is 1. The average Bonchev–Trinajstić information content (AvgIpc) is 3.06. The molecule has 0 aliphatic carbocycles. The van der Waals surface area contributed by atoms with Gasteiger partial charge in [-0.05, 0) is 35.2 Å². The van der Waals surface area contributed by atoms with Crippen molar-refractivity contribution in [2.75, 3.05) is 35.9 Å². The molecule has 2 aromatic carbocycles. The Labute approximate surface area is 181 Å². The van der Waals surface area contributed by atoms with E-state index < -0.39 is 0 Å². The van der Waals surface area contributed by atoms with Crippen LogP contribution in [0.5, 0.6) is 0 Å². The fraction of sp³-hybridized carbons (Fsp3) is 0.318. The van der Waals surface area contributed by atoms with Gasteiger partial charge in [0, 0.05) is 31.0 Å². The largest absolute Gasteiger partial charge is 0.378 e. The van der Waals surface area contributed by atoms with Crippen molar-refractivity contribution in [3.05, 3.63) is 54.1 Å². The van der Waals surface area contributed by atoms with Crippen molar-refractivity contribution >= 4 is 29.0 Å². The van der Waals surface area contributed by atoms with E-state index in [-0.39, 0.29) is 17.1 Å². The molecule has 0 aliphatic rings. The third kappa shape index (κ3) is 5.13. The third-order valence-corrected chi connectivity index (χ3v) is 5.62. The Morgan fingerprint density at radius 2 is 1.70 bits per heavy atom. The van der Waals surface area contributed by atoms with E-state index in [2.05, 4.69) is 48.4 Å². The van der Waals surface area contributed by atoms with Gasteiger partial charge < -0.3 is 16.1 Å². The van der Waals surface area contributed by atoms with Crippen molar-refractivity contribution in [2.24, 2.45) is 0 Å². The molecule has 0 saturated heterocycles. The minimum absolute atomic E-state index is 0.0794. The second-order valence-electron chi connectivity index (χ2n) is 8.28. The molecule has 0 radical (unpaired) electrons. The van der Waals surface area contributed by atoms with Crippen molar-refractivity contribution in [3.8, 4) is 11.4 Å². The molecule has 0 aliphatic heterocycles. The van der Waals surface area contributed by atoms with Crippen molar-refractivity contribution in [2.45, 2.75) is 31.3 Å². The molecule has 158 valence electrons. The minimum Gasteiger partial charge on any atom is -0.378 e. The summed E-state index contributed by atoms with van der Waals surface area (Å²) < 4.78 is 1.43. The molecule has 0 atom stereocenters. The average molecular weight is 425 g/mol. The smallest absolute Gasteiger partial charge is 0.234 e. The third-order valence-electron chi connectivity index (χ3n) is 4.67. The molecule has 3 rings (SSSR count). The molecule has 1 amide bonds. The normalized spacial score (nSPS) is 11.4. The molecule has 0 saturated carbocycles. The van der Waals surface area contributed by atoms with Crippen molar-refractivity contribution in [1.82, 2.24) is 14.9 Å². The molecule has 0 bridgehead atoms. The first-order chi connectivity index (χ1) is 14.1. The van der Waals surface area contributed by atoms with Crippen LogP contribution in [-0.2, 0) is 10.2 Å². The maximum absolute atomic E-state index is 12.3. The zero-order chi connectivity index (χ0) is 21.9. The van der Waals surface area contributed by atoms with E-state index in [4.69, 9.17) is 5.84 Å². The van der Waals surface area contributed by atoms with Crippen LogP contribution in [0.15, 0.2) is 53.7 Å². The van der Waals surface area contributed by atoms with E-state index in [1.165, 1.54) is 22.0 Å². The van der Waals surface area contributed by atoms with Gasteiger partial charge in [-0.3, -0.25) is 4.79 Å². The highest BCUT2D eigenvalue weighted by Crippen LogP contribution is 2.26. The molecule has 1 heterocycles. The summed E-state index contributed by atoms with van der Waals surface area (Å²) in [4.78, 5) is 14.3. The first-order valence-electron chi connectivity index (χ1n) is 9.66. The number of carbonyl (C=O) groups excluding carboxylic acids is 1. The lowest BCUT2D eigenvalue weighted by atomic mass is 9.87. The Morgan fingerprint density at radius 1 is 1.07 bits per heavy atom. The number of rotatable bonds is 6. The van der Waals surface area contributed by atoms with Crippen LogP contribution in [0.1, 0.15) is 26.3 Å². The van der Waals surface area contributed by atoms with Crippen LogP contribution in [0, 0.1) is 0 Å². The van der Waals surface area contributed by atoms with Crippen LogP contribution in [0.25, 0.3) is 11.4 Å². The van der Waals surface area contributed by atoms with Gasteiger partial charge in [-0.15, -0.1) is 10.2 Å². The summed E-state index contributed by atoms with van der Waals surface area (Å²) in [6, 6.07) is 15.8. The molecular formula is C22H28N6OS. The molecule has 30 heavy (non-hydrogen) atoms. The van der Waals surface area contributed by atoms with Gasteiger partial charge in [0.25, 0.3) is 0 Å². The number of aromatic nitrogens is 3. The molecule has 8 heteroatoms. The second-order valence-corrected chi connectivity index (χ2v) is 9.22. The van der Waals surface area contributed by atoms with E-state index in [1.807, 2.05) is 55.4 Å². The van der Waals surface area contributed by atoms with E-state index >= 15 is 0 Å². The van der Waals surface area contributed by atoms with Crippen LogP contribution in [0.4, 0.5) is 11.4 Å². The SMILES string of the molecule is CN(C)c1ccc(NC(=O)CSc2nnc(-c3ccc(C(C)(C)C)cc3)n2N)cc1. The number of anilines is 2. The standard InChI is InChI=1S/C22H28N6OS/c1-22(2,3)16-8-6-15(7-9-16)20-25-26-21(28(20)23)30-14-19(29)24-17-10-12-18(13-11-17)27(4)5/h6-13H,14,23H2,1-5H3,(H,24,29). The Bertz CT molecular complexity index is 1000. The zero-order valence-electron chi connectivity index (χ0n) is 18.0. The van der Waals surface area contributed by atoms with Crippen LogP contribution >= 0.6 is 11.8 Å². The van der Waals surface area contributed by atoms with Gasteiger partial charge in [-0.2, -0.15) is 0 Å². The summed E-state index contributed by atoms with van der Waals surface area (Å²) in [6.45, 7) is 6.51. The zero-order valence-corrected chi connectivity index (χ0v) is 18.8. The Morgan fingerprint density at radius 3 is 2.27 bits per heavy atom. The van der Waals surface area contributed by atoms with Crippen LogP contribution in [-0.4, -0.2) is 40.6 Å². The topological polar surface area (TPSA) is 89.1 Å². The predicted octanol–water partition coefficient (Wildman–Crippen LogP) is 3.75. The fourth-order valence-electron chi connectivity index (χ4n) is 2.86. The lowest BCUT2D eigenvalue weighted by Crippen LogP contribution is -2.16. The van der Waals surface area contributed by atoms with E-state index in [0.29, 0.717) is 11.0 Å². The monoisotopic (exact) mass is 424 g/mol. The lowest BCUT2D eigenvalue weighted by molar-refractivity contribution is -0.113. The second kappa shape index (κ2) is 8.79. The maximum Gasteiger partial charge on any atom is 0.234 e. The first kappa shape index (κ1) is 21.7. The number of nitrogen functional groups attached to an aromatic ring is 1. The highest BCUT2D eigenvalue weighted by atomic mass is 32.2. The highest BCUT2D eigenvalue weighted by Gasteiger charge is 2.16. The summed E-state index contributed by atoms with van der Waals surface area (Å²) in [7, 11) is 3.95. The number of amides is 1. The van der Waals surface area contributed by atoms with Gasteiger partial charge in [0.2, 0.25) is 11.1 Å². The minimum atomic E-state index is -0.128. The van der Waals surface area contributed by atoms with Gasteiger partial charge >= 0.3 is 0 Å². The number of nitrogens with zero attached hydrogens (tertiary/aromatic N) is 4.